The van der Waals surface area contributed by atoms with Crippen LogP contribution in [0.5, 0.6) is 0 Å². The van der Waals surface area contributed by atoms with Crippen LogP contribution in [0.15, 0.2) is 41.5 Å². The van der Waals surface area contributed by atoms with Gasteiger partial charge in [0.2, 0.25) is 0 Å². The molecule has 0 aromatic carbocycles. The predicted octanol–water partition coefficient (Wildman–Crippen LogP) is 1.89. The van der Waals surface area contributed by atoms with Crippen molar-refractivity contribution in [3.63, 3.8) is 0 Å². The van der Waals surface area contributed by atoms with Gasteiger partial charge < -0.3 is 14.8 Å². The van der Waals surface area contributed by atoms with Gasteiger partial charge in [-0.15, -0.1) is 0 Å². The van der Waals surface area contributed by atoms with Gasteiger partial charge in [0, 0.05) is 30.4 Å². The van der Waals surface area contributed by atoms with E-state index in [4.69, 9.17) is 9.47 Å². The Labute approximate surface area is 165 Å². The molecule has 0 saturated carbocycles. The van der Waals surface area contributed by atoms with Crippen LogP contribution in [-0.2, 0) is 22.5 Å². The predicted molar refractivity (Wildman–Crippen MR) is 104 cm³/mol. The van der Waals surface area contributed by atoms with Crippen LogP contribution in [0.1, 0.15) is 16.6 Å². The van der Waals surface area contributed by atoms with E-state index >= 15 is 0 Å². The van der Waals surface area contributed by atoms with E-state index in [1.807, 2.05) is 12.1 Å². The standard InChI is InChI=1S/C19H19N5O3S/c25-18-4-3-13(12-2-1-6-20-8-12)23-24(18)16-10-27-9-15(16)22-19-21-14-5-7-26-11-17(14)28-19/h1-4,6,8,15-16H,5,7,9-11H2,(H,21,22). The smallest absolute Gasteiger partial charge is 0.267 e. The SMILES string of the molecule is O=c1ccc(-c2cccnc2)nn1C1COCC1Nc1nc2c(s1)COCC2. The van der Waals surface area contributed by atoms with Gasteiger partial charge in [-0.05, 0) is 18.2 Å². The zero-order valence-corrected chi connectivity index (χ0v) is 15.9. The van der Waals surface area contributed by atoms with Gasteiger partial charge in [-0.1, -0.05) is 11.3 Å². The molecule has 2 aliphatic heterocycles. The highest BCUT2D eigenvalue weighted by Gasteiger charge is 2.32. The molecule has 28 heavy (non-hydrogen) atoms. The van der Waals surface area contributed by atoms with Crippen molar-refractivity contribution in [3.8, 4) is 11.3 Å². The van der Waals surface area contributed by atoms with Crippen molar-refractivity contribution in [1.82, 2.24) is 19.7 Å². The lowest BCUT2D eigenvalue weighted by molar-refractivity contribution is 0.112. The summed E-state index contributed by atoms with van der Waals surface area (Å²) in [4.78, 5) is 22.5. The summed E-state index contributed by atoms with van der Waals surface area (Å²) in [5, 5.41) is 8.88. The molecule has 3 aromatic heterocycles. The third-order valence-electron chi connectivity index (χ3n) is 4.95. The Balaban J connectivity index is 1.42. The lowest BCUT2D eigenvalue weighted by Crippen LogP contribution is -2.37. The lowest BCUT2D eigenvalue weighted by atomic mass is 10.1. The number of nitrogens with one attached hydrogen (secondary N) is 1. The lowest BCUT2D eigenvalue weighted by Gasteiger charge is -2.20. The van der Waals surface area contributed by atoms with Crippen LogP contribution in [0.4, 0.5) is 5.13 Å². The molecule has 1 fully saturated rings. The van der Waals surface area contributed by atoms with E-state index in [2.05, 4.69) is 20.4 Å². The molecule has 144 valence electrons. The number of aromatic nitrogens is 4. The molecule has 1 saturated heterocycles. The van der Waals surface area contributed by atoms with Crippen LogP contribution in [0, 0.1) is 0 Å². The van der Waals surface area contributed by atoms with Gasteiger partial charge in [0.15, 0.2) is 5.13 Å². The van der Waals surface area contributed by atoms with Crippen LogP contribution in [-0.4, -0.2) is 45.6 Å². The van der Waals surface area contributed by atoms with E-state index in [0.29, 0.717) is 32.1 Å². The number of nitrogens with zero attached hydrogens (tertiary/aromatic N) is 4. The van der Waals surface area contributed by atoms with Crippen molar-refractivity contribution in [1.29, 1.82) is 0 Å². The van der Waals surface area contributed by atoms with Gasteiger partial charge in [0.25, 0.3) is 5.56 Å². The molecule has 0 bridgehead atoms. The first-order valence-corrected chi connectivity index (χ1v) is 10.0. The third kappa shape index (κ3) is 3.32. The molecular formula is C19H19N5O3S. The monoisotopic (exact) mass is 397 g/mol. The zero-order chi connectivity index (χ0) is 18.9. The van der Waals surface area contributed by atoms with Crippen molar-refractivity contribution in [2.24, 2.45) is 0 Å². The quantitative estimate of drug-likeness (QED) is 0.719. The van der Waals surface area contributed by atoms with Gasteiger partial charge >= 0.3 is 0 Å². The molecule has 8 nitrogen and oxygen atoms in total. The van der Waals surface area contributed by atoms with E-state index < -0.39 is 0 Å². The average molecular weight is 397 g/mol. The maximum absolute atomic E-state index is 12.5. The van der Waals surface area contributed by atoms with E-state index in [9.17, 15) is 4.79 Å². The summed E-state index contributed by atoms with van der Waals surface area (Å²) in [6.45, 7) is 2.26. The van der Waals surface area contributed by atoms with E-state index in [0.717, 1.165) is 27.7 Å². The fourth-order valence-electron chi connectivity index (χ4n) is 3.50. The Morgan fingerprint density at radius 2 is 2.18 bits per heavy atom. The number of hydrogen-bond acceptors (Lipinski definition) is 8. The van der Waals surface area contributed by atoms with E-state index in [1.54, 1.807) is 35.9 Å². The molecule has 5 rings (SSSR count). The van der Waals surface area contributed by atoms with Gasteiger partial charge in [-0.2, -0.15) is 5.10 Å². The second-order valence-electron chi connectivity index (χ2n) is 6.79. The molecule has 1 N–H and O–H groups in total. The van der Waals surface area contributed by atoms with Gasteiger partial charge in [-0.25, -0.2) is 9.67 Å². The number of thiazole rings is 1. The Morgan fingerprint density at radius 3 is 3.04 bits per heavy atom. The highest BCUT2D eigenvalue weighted by atomic mass is 32.1. The number of ether oxygens (including phenoxy) is 2. The maximum Gasteiger partial charge on any atom is 0.267 e. The molecule has 5 heterocycles. The van der Waals surface area contributed by atoms with Crippen LogP contribution < -0.4 is 10.9 Å². The number of hydrogen-bond donors (Lipinski definition) is 1. The van der Waals surface area contributed by atoms with Crippen molar-refractivity contribution in [3.05, 3.63) is 57.6 Å². The molecule has 9 heteroatoms. The summed E-state index contributed by atoms with van der Waals surface area (Å²) in [5.41, 5.74) is 2.53. The molecule has 2 aliphatic rings. The van der Waals surface area contributed by atoms with Crippen molar-refractivity contribution < 1.29 is 9.47 Å². The molecule has 0 amide bonds. The minimum absolute atomic E-state index is 0.0807. The molecule has 2 unspecified atom stereocenters. The normalized spacial score (nSPS) is 21.4. The summed E-state index contributed by atoms with van der Waals surface area (Å²) < 4.78 is 12.7. The van der Waals surface area contributed by atoms with Crippen molar-refractivity contribution >= 4 is 16.5 Å². The first-order chi connectivity index (χ1) is 13.8. The third-order valence-corrected chi connectivity index (χ3v) is 5.95. The second kappa shape index (κ2) is 7.42. The Kier molecular flexibility index (Phi) is 4.63. The van der Waals surface area contributed by atoms with E-state index in [1.165, 1.54) is 4.68 Å². The second-order valence-corrected chi connectivity index (χ2v) is 7.87. The maximum atomic E-state index is 12.5. The van der Waals surface area contributed by atoms with Gasteiger partial charge in [-0.3, -0.25) is 9.78 Å². The Morgan fingerprint density at radius 1 is 1.21 bits per heavy atom. The minimum atomic E-state index is -0.207. The number of rotatable bonds is 4. The van der Waals surface area contributed by atoms with Crippen LogP contribution in [0.2, 0.25) is 0 Å². The summed E-state index contributed by atoms with van der Waals surface area (Å²) in [6.07, 6.45) is 4.29. The van der Waals surface area contributed by atoms with Gasteiger partial charge in [0.1, 0.15) is 6.04 Å². The summed E-state index contributed by atoms with van der Waals surface area (Å²) in [5.74, 6) is 0. The molecule has 0 spiro atoms. The number of pyridine rings is 1. The minimum Gasteiger partial charge on any atom is -0.377 e. The van der Waals surface area contributed by atoms with Crippen LogP contribution in [0.25, 0.3) is 11.3 Å². The van der Waals surface area contributed by atoms with Gasteiger partial charge in [0.05, 0.1) is 48.7 Å². The largest absolute Gasteiger partial charge is 0.377 e. The summed E-state index contributed by atoms with van der Waals surface area (Å²) in [7, 11) is 0. The molecule has 3 aromatic rings. The van der Waals surface area contributed by atoms with E-state index in [-0.39, 0.29) is 17.6 Å². The highest BCUT2D eigenvalue weighted by molar-refractivity contribution is 7.15. The number of fused-ring (bicyclic) bond motifs is 1. The molecule has 0 aliphatic carbocycles. The topological polar surface area (TPSA) is 91.2 Å². The first-order valence-electron chi connectivity index (χ1n) is 9.19. The first kappa shape index (κ1) is 17.5. The average Bonchev–Trinajstić information content (AvgIpc) is 3.35. The fraction of sp³-hybridized carbons (Fsp3) is 0.368. The molecular weight excluding hydrogens is 378 g/mol. The molecule has 2 atom stereocenters. The molecule has 0 radical (unpaired) electrons. The Hall–Kier alpha value is -2.62. The summed E-state index contributed by atoms with van der Waals surface area (Å²) >= 11 is 1.60. The highest BCUT2D eigenvalue weighted by Crippen LogP contribution is 2.30. The van der Waals surface area contributed by atoms with Crippen molar-refractivity contribution in [2.75, 3.05) is 25.1 Å². The summed E-state index contributed by atoms with van der Waals surface area (Å²) in [6, 6.07) is 6.76. The van der Waals surface area contributed by atoms with Crippen molar-refractivity contribution in [2.45, 2.75) is 25.1 Å². The number of anilines is 1. The fourth-order valence-corrected chi connectivity index (χ4v) is 4.51. The Bertz CT molecular complexity index is 1010. The van der Waals surface area contributed by atoms with Crippen LogP contribution >= 0.6 is 11.3 Å². The van der Waals surface area contributed by atoms with Crippen LogP contribution in [0.3, 0.4) is 0 Å². The zero-order valence-electron chi connectivity index (χ0n) is 15.1.